The minimum atomic E-state index is -1.40. The predicted octanol–water partition coefficient (Wildman–Crippen LogP) is -2.89. The quantitative estimate of drug-likeness (QED) is 0.0221. The Hall–Kier alpha value is -4.19. The Morgan fingerprint density at radius 3 is 1.53 bits per heavy atom. The number of amides is 5. The van der Waals surface area contributed by atoms with Crippen molar-refractivity contribution >= 4 is 41.5 Å². The van der Waals surface area contributed by atoms with E-state index in [1.165, 1.54) is 13.8 Å². The van der Waals surface area contributed by atoms with Gasteiger partial charge in [-0.15, -0.1) is 0 Å². The first kappa shape index (κ1) is 65.1. The van der Waals surface area contributed by atoms with E-state index in [4.69, 9.17) is 39.9 Å². The first-order valence-corrected chi connectivity index (χ1v) is 26.6. The van der Waals surface area contributed by atoms with E-state index in [1.54, 1.807) is 4.90 Å². The number of carbonyl (C=O) groups is 7. The molecule has 26 nitrogen and oxygen atoms in total. The maximum absolute atomic E-state index is 13.4. The number of hydrogen-bond donors (Lipinski definition) is 12. The van der Waals surface area contributed by atoms with E-state index in [0.29, 0.717) is 110 Å². The number of nitrogens with zero attached hydrogens (tertiary/aromatic N) is 1. The standard InChI is InChI=1S/C49H87N7O19/c1-30(58)72-28-35-43(65)45(67)41(50)48(74-35)70-23-13-8-17-38(62)53-21-12-7-15-34(55-39(63)18-9-14-24-71-49-42(51)46(68)44(66)36(75-49)29-73-31(2)59)47(69)54-22-11-3-5-16-37(61)52-20-10-4-6-19-40(64)56-26-33(60)25-32(56)27-57/h32-36,41-46,48-49,57,60,65-68H,3-29,50-51H2,1-2H3,(H,52,61)(H,53,62)(H,54,69)(H,55,63)/t32-,33+,34-,35?,36?,41?,42?,43?,44?,45?,46?,48?,49?/m0/s1. The van der Waals surface area contributed by atoms with Gasteiger partial charge in [0.15, 0.2) is 12.6 Å². The van der Waals surface area contributed by atoms with Crippen LogP contribution in [-0.2, 0) is 62.0 Å². The van der Waals surface area contributed by atoms with E-state index in [2.05, 4.69) is 21.3 Å². The van der Waals surface area contributed by atoms with Gasteiger partial charge in [0, 0.05) is 78.9 Å². The molecule has 0 saturated carbocycles. The highest BCUT2D eigenvalue weighted by Crippen LogP contribution is 2.24. The van der Waals surface area contributed by atoms with Crippen LogP contribution in [0, 0.1) is 0 Å². The van der Waals surface area contributed by atoms with Crippen LogP contribution in [0.2, 0.25) is 0 Å². The van der Waals surface area contributed by atoms with Gasteiger partial charge in [0.05, 0.1) is 30.8 Å². The van der Waals surface area contributed by atoms with E-state index in [0.717, 1.165) is 6.42 Å². The van der Waals surface area contributed by atoms with E-state index < -0.39 is 85.4 Å². The van der Waals surface area contributed by atoms with Crippen LogP contribution < -0.4 is 32.7 Å². The van der Waals surface area contributed by atoms with Crippen molar-refractivity contribution in [2.24, 2.45) is 11.5 Å². The third-order valence-electron chi connectivity index (χ3n) is 13.1. The van der Waals surface area contributed by atoms with Gasteiger partial charge in [-0.25, -0.2) is 0 Å². The number of ether oxygens (including phenoxy) is 6. The molecule has 432 valence electrons. The van der Waals surface area contributed by atoms with Crippen molar-refractivity contribution in [1.82, 2.24) is 26.2 Å². The Labute approximate surface area is 438 Å². The summed E-state index contributed by atoms with van der Waals surface area (Å²) in [7, 11) is 0. The average molecular weight is 1080 g/mol. The number of aliphatic hydroxyl groups is 6. The van der Waals surface area contributed by atoms with Crippen LogP contribution in [-0.4, -0.2) is 216 Å². The second-order valence-electron chi connectivity index (χ2n) is 19.5. The zero-order valence-electron chi connectivity index (χ0n) is 43.7. The molecule has 3 saturated heterocycles. The van der Waals surface area contributed by atoms with Crippen LogP contribution in [0.25, 0.3) is 0 Å². The molecule has 0 aromatic rings. The highest BCUT2D eigenvalue weighted by Gasteiger charge is 2.45. The Morgan fingerprint density at radius 1 is 0.587 bits per heavy atom. The lowest BCUT2D eigenvalue weighted by molar-refractivity contribution is -0.267. The fourth-order valence-electron chi connectivity index (χ4n) is 8.71. The van der Waals surface area contributed by atoms with Crippen molar-refractivity contribution in [3.63, 3.8) is 0 Å². The average Bonchev–Trinajstić information content (AvgIpc) is 3.77. The summed E-state index contributed by atoms with van der Waals surface area (Å²) in [5, 5.41) is 71.9. The van der Waals surface area contributed by atoms with Gasteiger partial charge in [-0.1, -0.05) is 12.8 Å². The number of unbranched alkanes of at least 4 members (excludes halogenated alkanes) is 7. The van der Waals surface area contributed by atoms with E-state index in [9.17, 15) is 64.2 Å². The zero-order chi connectivity index (χ0) is 55.3. The third-order valence-corrected chi connectivity index (χ3v) is 13.1. The summed E-state index contributed by atoms with van der Waals surface area (Å²) in [6, 6.07) is -3.34. The van der Waals surface area contributed by atoms with Crippen LogP contribution >= 0.6 is 0 Å². The van der Waals surface area contributed by atoms with Gasteiger partial charge in [0.1, 0.15) is 55.9 Å². The summed E-state index contributed by atoms with van der Waals surface area (Å²) in [5.74, 6) is -2.30. The molecule has 0 aromatic carbocycles. The number of aliphatic hydroxyl groups excluding tert-OH is 6. The minimum Gasteiger partial charge on any atom is -0.463 e. The van der Waals surface area contributed by atoms with Crippen molar-refractivity contribution in [2.75, 3.05) is 59.2 Å². The summed E-state index contributed by atoms with van der Waals surface area (Å²) < 4.78 is 32.4. The predicted molar refractivity (Wildman–Crippen MR) is 265 cm³/mol. The normalized spacial score (nSPS) is 27.0. The zero-order valence-corrected chi connectivity index (χ0v) is 43.7. The molecule has 3 aliphatic rings. The lowest BCUT2D eigenvalue weighted by Gasteiger charge is -2.40. The topological polar surface area (TPSA) is 400 Å². The highest BCUT2D eigenvalue weighted by molar-refractivity contribution is 5.87. The van der Waals surface area contributed by atoms with Crippen molar-refractivity contribution < 1.29 is 92.6 Å². The Kier molecular flexibility index (Phi) is 31.3. The van der Waals surface area contributed by atoms with Gasteiger partial charge in [0.2, 0.25) is 29.5 Å². The number of nitrogens with one attached hydrogen (secondary N) is 4. The first-order valence-electron chi connectivity index (χ1n) is 26.6. The summed E-state index contributed by atoms with van der Waals surface area (Å²) in [6.07, 6.45) is -2.23. The minimum absolute atomic E-state index is 0.0580. The molecule has 0 aromatic heterocycles. The summed E-state index contributed by atoms with van der Waals surface area (Å²) >= 11 is 0. The van der Waals surface area contributed by atoms with Crippen molar-refractivity contribution in [3.8, 4) is 0 Å². The fourth-order valence-corrected chi connectivity index (χ4v) is 8.71. The Balaban J connectivity index is 1.36. The van der Waals surface area contributed by atoms with Gasteiger partial charge in [0.25, 0.3) is 0 Å². The van der Waals surface area contributed by atoms with Gasteiger partial charge >= 0.3 is 11.9 Å². The molecule has 5 amide bonds. The number of carbonyl (C=O) groups excluding carboxylic acids is 7. The maximum Gasteiger partial charge on any atom is 0.302 e. The van der Waals surface area contributed by atoms with Crippen LogP contribution in [0.15, 0.2) is 0 Å². The third kappa shape index (κ3) is 24.8. The number of hydrogen-bond acceptors (Lipinski definition) is 21. The second-order valence-corrected chi connectivity index (χ2v) is 19.5. The van der Waals surface area contributed by atoms with Crippen molar-refractivity contribution in [2.45, 2.75) is 209 Å². The fraction of sp³-hybridized carbons (Fsp3) is 0.857. The van der Waals surface area contributed by atoms with Gasteiger partial charge < -0.3 is 96.7 Å². The van der Waals surface area contributed by atoms with Gasteiger partial charge in [-0.2, -0.15) is 0 Å². The van der Waals surface area contributed by atoms with Crippen LogP contribution in [0.4, 0.5) is 0 Å². The summed E-state index contributed by atoms with van der Waals surface area (Å²) in [4.78, 5) is 87.9. The lowest BCUT2D eigenvalue weighted by atomic mass is 9.98. The molecular formula is C49H87N7O19. The van der Waals surface area contributed by atoms with Crippen molar-refractivity contribution in [1.29, 1.82) is 0 Å². The second kappa shape index (κ2) is 36.0. The summed E-state index contributed by atoms with van der Waals surface area (Å²) in [6.45, 7) is 3.22. The molecule has 3 fully saturated rings. The Morgan fingerprint density at radius 2 is 1.04 bits per heavy atom. The largest absolute Gasteiger partial charge is 0.463 e. The molecule has 13 atom stereocenters. The van der Waals surface area contributed by atoms with Crippen molar-refractivity contribution in [3.05, 3.63) is 0 Å². The lowest BCUT2D eigenvalue weighted by Crippen LogP contribution is -2.62. The molecule has 3 heterocycles. The molecule has 0 bridgehead atoms. The van der Waals surface area contributed by atoms with Crippen LogP contribution in [0.5, 0.6) is 0 Å². The molecule has 75 heavy (non-hydrogen) atoms. The van der Waals surface area contributed by atoms with Crippen LogP contribution in [0.1, 0.15) is 129 Å². The molecule has 26 heteroatoms. The molecule has 10 unspecified atom stereocenters. The number of esters is 2. The van der Waals surface area contributed by atoms with E-state index in [-0.39, 0.29) is 94.4 Å². The van der Waals surface area contributed by atoms with E-state index >= 15 is 0 Å². The molecular weight excluding hydrogens is 991 g/mol. The SMILES string of the molecule is CC(=O)OCC1OC(OCCCCC(=O)NCCCC[C@H](NC(=O)CCCCOC2OC(COC(C)=O)C(O)C(O)C2N)C(=O)NCCCCCC(=O)NCCCCCC(=O)N2C[C@H](O)C[C@H]2CO)C(N)C(O)C1O. The first-order chi connectivity index (χ1) is 35.8. The maximum atomic E-state index is 13.4. The Bertz CT molecular complexity index is 1740. The number of rotatable bonds is 36. The number of β-amino-alcohol motifs (C(OH)–C–C–N with tert-alkyl or cyclic N) is 1. The highest BCUT2D eigenvalue weighted by atomic mass is 16.7. The molecule has 0 aliphatic carbocycles. The molecule has 0 radical (unpaired) electrons. The molecule has 0 spiro atoms. The summed E-state index contributed by atoms with van der Waals surface area (Å²) in [5.41, 5.74) is 12.0. The smallest absolute Gasteiger partial charge is 0.302 e. The number of likely N-dealkylation sites (tertiary alicyclic amines) is 1. The van der Waals surface area contributed by atoms with Gasteiger partial charge in [-0.3, -0.25) is 33.6 Å². The van der Waals surface area contributed by atoms with Gasteiger partial charge in [-0.05, 0) is 77.0 Å². The van der Waals surface area contributed by atoms with Crippen LogP contribution in [0.3, 0.4) is 0 Å². The number of nitrogens with two attached hydrogens (primary N) is 2. The monoisotopic (exact) mass is 1080 g/mol. The molecule has 3 rings (SSSR count). The van der Waals surface area contributed by atoms with E-state index in [1.807, 2.05) is 0 Å². The molecule has 3 aliphatic heterocycles. The molecule has 14 N–H and O–H groups in total.